The topological polar surface area (TPSA) is 139 Å². The monoisotopic (exact) mass is 642 g/mol. The molecule has 1 aliphatic rings. The van der Waals surface area contributed by atoms with Gasteiger partial charge in [-0.1, -0.05) is 12.1 Å². The van der Waals surface area contributed by atoms with Crippen molar-refractivity contribution < 1.29 is 30.8 Å². The Morgan fingerprint density at radius 1 is 0.933 bits per heavy atom. The number of nitrogens with one attached hydrogen (secondary N) is 3. The maximum absolute atomic E-state index is 15.2. The first-order valence-corrected chi connectivity index (χ1v) is 15.5. The minimum Gasteiger partial charge on any atom is -0.384 e. The third kappa shape index (κ3) is 7.13. The minimum absolute atomic E-state index is 0.00810. The van der Waals surface area contributed by atoms with Gasteiger partial charge in [0.15, 0.2) is 9.84 Å². The molecule has 0 radical (unpaired) electrons. The first-order chi connectivity index (χ1) is 21.5. The van der Waals surface area contributed by atoms with Gasteiger partial charge in [0.05, 0.1) is 23.0 Å². The van der Waals surface area contributed by atoms with Crippen molar-refractivity contribution in [1.29, 1.82) is 0 Å². The van der Waals surface area contributed by atoms with Gasteiger partial charge in [-0.2, -0.15) is 0 Å². The fraction of sp³-hybridized carbons (Fsp3) is 0.258. The second-order valence-corrected chi connectivity index (χ2v) is 13.0. The molecule has 1 aliphatic heterocycles. The predicted molar refractivity (Wildman–Crippen MR) is 160 cm³/mol. The van der Waals surface area contributed by atoms with E-state index in [1.54, 1.807) is 0 Å². The Kier molecular flexibility index (Phi) is 9.46. The average Bonchev–Trinajstić information content (AvgIpc) is 3.00. The summed E-state index contributed by atoms with van der Waals surface area (Å²) in [5, 5.41) is 8.80. The smallest absolute Gasteiger partial charge is 0.225 e. The summed E-state index contributed by atoms with van der Waals surface area (Å²) in [7, 11) is -4.05. The van der Waals surface area contributed by atoms with Crippen molar-refractivity contribution in [3.63, 3.8) is 0 Å². The van der Waals surface area contributed by atoms with Crippen molar-refractivity contribution in [3.05, 3.63) is 113 Å². The number of nitrogen functional groups attached to an aromatic ring is 1. The van der Waals surface area contributed by atoms with Crippen LogP contribution in [0.4, 0.5) is 29.1 Å². The number of hydrogen-bond donors (Lipinski definition) is 4. The maximum atomic E-state index is 15.2. The van der Waals surface area contributed by atoms with Gasteiger partial charge in [-0.25, -0.2) is 31.0 Å². The number of pyridine rings is 2. The number of nitrogens with two attached hydrogens (primary N) is 1. The first kappa shape index (κ1) is 32.0. The molecule has 1 saturated heterocycles. The van der Waals surface area contributed by atoms with Gasteiger partial charge in [0.2, 0.25) is 5.91 Å². The number of nitrogens with zero attached hydrogens (tertiary/aromatic N) is 2. The first-order valence-electron chi connectivity index (χ1n) is 14.0. The van der Waals surface area contributed by atoms with Gasteiger partial charge in [-0.15, -0.1) is 0 Å². The van der Waals surface area contributed by atoms with Crippen molar-refractivity contribution in [2.24, 2.45) is 0 Å². The Morgan fingerprint density at radius 3 is 2.31 bits per heavy atom. The molecular formula is C31H30F4N6O3S. The summed E-state index contributed by atoms with van der Waals surface area (Å²) in [6.45, 7) is 0.875. The molecule has 0 aliphatic carbocycles. The molecule has 1 fully saturated rings. The van der Waals surface area contributed by atoms with Gasteiger partial charge in [0.25, 0.3) is 0 Å². The molecule has 2 atom stereocenters. The maximum Gasteiger partial charge on any atom is 0.225 e. The largest absolute Gasteiger partial charge is 0.384 e. The molecule has 3 heterocycles. The van der Waals surface area contributed by atoms with E-state index in [4.69, 9.17) is 5.73 Å². The van der Waals surface area contributed by atoms with Gasteiger partial charge >= 0.3 is 0 Å². The van der Waals surface area contributed by atoms with E-state index < -0.39 is 49.8 Å². The molecule has 5 rings (SSSR count). The number of amides is 1. The van der Waals surface area contributed by atoms with Gasteiger partial charge in [0.1, 0.15) is 34.0 Å². The van der Waals surface area contributed by atoms with Crippen molar-refractivity contribution in [1.82, 2.24) is 20.6 Å². The van der Waals surface area contributed by atoms with Gasteiger partial charge in [0, 0.05) is 49.8 Å². The van der Waals surface area contributed by atoms with E-state index in [1.807, 2.05) is 0 Å². The van der Waals surface area contributed by atoms with Crippen molar-refractivity contribution >= 4 is 27.2 Å². The van der Waals surface area contributed by atoms with E-state index in [1.165, 1.54) is 48.8 Å². The Balaban J connectivity index is 1.41. The molecule has 9 nitrogen and oxygen atoms in total. The van der Waals surface area contributed by atoms with Crippen molar-refractivity contribution in [2.75, 3.05) is 30.7 Å². The third-order valence-corrected chi connectivity index (χ3v) is 10.1. The van der Waals surface area contributed by atoms with E-state index in [-0.39, 0.29) is 53.3 Å². The summed E-state index contributed by atoms with van der Waals surface area (Å²) in [5.41, 5.74) is 6.24. The van der Waals surface area contributed by atoms with E-state index in [0.717, 1.165) is 18.3 Å². The second-order valence-electron chi connectivity index (χ2n) is 10.7. The predicted octanol–water partition coefficient (Wildman–Crippen LogP) is 4.07. The molecule has 0 unspecified atom stereocenters. The van der Waals surface area contributed by atoms with Crippen LogP contribution in [-0.4, -0.2) is 48.8 Å². The van der Waals surface area contributed by atoms with E-state index >= 15 is 4.39 Å². The van der Waals surface area contributed by atoms with Crippen LogP contribution >= 0.6 is 0 Å². The van der Waals surface area contributed by atoms with Gasteiger partial charge < -0.3 is 16.4 Å². The fourth-order valence-electron chi connectivity index (χ4n) is 5.45. The second kappa shape index (κ2) is 13.3. The van der Waals surface area contributed by atoms with Crippen molar-refractivity contribution in [3.8, 4) is 0 Å². The summed E-state index contributed by atoms with van der Waals surface area (Å²) < 4.78 is 84.7. The summed E-state index contributed by atoms with van der Waals surface area (Å²) in [5.74, 6) is -4.35. The molecule has 0 spiro atoms. The highest BCUT2D eigenvalue weighted by Crippen LogP contribution is 2.33. The van der Waals surface area contributed by atoms with Crippen LogP contribution in [0.15, 0.2) is 78.1 Å². The van der Waals surface area contributed by atoms with Crippen LogP contribution in [-0.2, 0) is 21.1 Å². The summed E-state index contributed by atoms with van der Waals surface area (Å²) in [4.78, 5) is 19.5. The SMILES string of the molecule is Nc1ccc(S(=O)(=O)[C@@]2(CCc3c(F)cncc3NC(=O)C[C@@H](c3ccc(F)cc3)c3cc(F)cc(F)c3)CNCCN2)cn1. The number of piperazine rings is 1. The third-order valence-electron chi connectivity index (χ3n) is 7.75. The van der Waals surface area contributed by atoms with E-state index in [2.05, 4.69) is 25.9 Å². The average molecular weight is 643 g/mol. The number of aromatic nitrogens is 2. The molecule has 45 heavy (non-hydrogen) atoms. The lowest BCUT2D eigenvalue weighted by molar-refractivity contribution is -0.116. The van der Waals surface area contributed by atoms with Crippen LogP contribution in [0.2, 0.25) is 0 Å². The van der Waals surface area contributed by atoms with E-state index in [0.29, 0.717) is 24.7 Å². The molecule has 14 heteroatoms. The quantitative estimate of drug-likeness (QED) is 0.190. The zero-order valence-corrected chi connectivity index (χ0v) is 24.7. The normalized spacial score (nSPS) is 17.5. The molecule has 5 N–H and O–H groups in total. The number of benzene rings is 2. The lowest BCUT2D eigenvalue weighted by Crippen LogP contribution is -2.63. The highest BCUT2D eigenvalue weighted by atomic mass is 32.2. The Bertz CT molecular complexity index is 1760. The van der Waals surface area contributed by atoms with Gasteiger partial charge in [-0.3, -0.25) is 15.1 Å². The highest BCUT2D eigenvalue weighted by Gasteiger charge is 2.45. The number of carbonyl (C=O) groups is 1. The fourth-order valence-corrected chi connectivity index (χ4v) is 7.29. The molecule has 0 bridgehead atoms. The Hall–Kier alpha value is -4.40. The van der Waals surface area contributed by atoms with Crippen LogP contribution in [0.3, 0.4) is 0 Å². The summed E-state index contributed by atoms with van der Waals surface area (Å²) in [6, 6.07) is 10.8. The van der Waals surface area contributed by atoms with Crippen LogP contribution in [0.1, 0.15) is 35.4 Å². The number of hydrogen-bond acceptors (Lipinski definition) is 8. The van der Waals surface area contributed by atoms with Gasteiger partial charge in [-0.05, 0) is 60.4 Å². The molecule has 1 amide bonds. The van der Waals surface area contributed by atoms with Crippen LogP contribution in [0.25, 0.3) is 0 Å². The molecular weight excluding hydrogens is 612 g/mol. The van der Waals surface area contributed by atoms with Crippen LogP contribution in [0, 0.1) is 23.3 Å². The number of halogens is 4. The Labute approximate surface area is 257 Å². The summed E-state index contributed by atoms with van der Waals surface area (Å²) >= 11 is 0. The number of rotatable bonds is 10. The zero-order valence-electron chi connectivity index (χ0n) is 23.9. The molecule has 2 aromatic carbocycles. The molecule has 0 saturated carbocycles. The number of carbonyl (C=O) groups excluding carboxylic acids is 1. The van der Waals surface area contributed by atoms with Crippen LogP contribution in [0.5, 0.6) is 0 Å². The minimum atomic E-state index is -4.05. The van der Waals surface area contributed by atoms with Crippen molar-refractivity contribution in [2.45, 2.75) is 34.9 Å². The lowest BCUT2D eigenvalue weighted by Gasteiger charge is -2.38. The van der Waals surface area contributed by atoms with Crippen LogP contribution < -0.4 is 21.7 Å². The Morgan fingerprint density at radius 2 is 1.67 bits per heavy atom. The molecule has 236 valence electrons. The number of anilines is 2. The number of sulfone groups is 1. The lowest BCUT2D eigenvalue weighted by atomic mass is 9.88. The van der Waals surface area contributed by atoms with E-state index in [9.17, 15) is 26.4 Å². The zero-order chi connectivity index (χ0) is 32.2. The molecule has 2 aromatic heterocycles. The highest BCUT2D eigenvalue weighted by molar-refractivity contribution is 7.92. The summed E-state index contributed by atoms with van der Waals surface area (Å²) in [6.07, 6.45) is 2.83. The standard InChI is InChI=1S/C31H30F4N6O3S/c32-21-3-1-19(2-4-21)26(20-11-22(33)13-23(34)12-20)14-30(42)41-28-17-38-16-27(35)25(28)7-8-31(18-37-9-10-40-31)45(43,44)24-5-6-29(36)39-15-24/h1-6,11-13,15-17,26,37,40H,7-10,14,18H2,(H2,36,39)(H,41,42)/t26-,31-/m0/s1. The molecule has 4 aromatic rings.